The van der Waals surface area contributed by atoms with Crippen molar-refractivity contribution in [2.24, 2.45) is 0 Å². The van der Waals surface area contributed by atoms with Crippen molar-refractivity contribution in [1.29, 1.82) is 0 Å². The molecule has 1 aromatic carbocycles. The van der Waals surface area contributed by atoms with Gasteiger partial charge < -0.3 is 10.4 Å². The molecule has 76 valence electrons. The van der Waals surface area contributed by atoms with Gasteiger partial charge in [0.15, 0.2) is 0 Å². The zero-order chi connectivity index (χ0) is 11.4. The summed E-state index contributed by atoms with van der Waals surface area (Å²) in [5, 5.41) is 11.3. The molecule has 5 heteroatoms. The number of nitrogens with one attached hydrogen (secondary N) is 1. The maximum absolute atomic E-state index is 10.9. The van der Waals surface area contributed by atoms with E-state index in [9.17, 15) is 9.59 Å². The number of hydrogen-bond donors (Lipinski definition) is 2. The van der Waals surface area contributed by atoms with Crippen molar-refractivity contribution >= 4 is 29.2 Å². The van der Waals surface area contributed by atoms with Gasteiger partial charge in [-0.05, 0) is 24.1 Å². The molecular formula is C10H6ClNO3. The molecule has 0 fully saturated rings. The summed E-state index contributed by atoms with van der Waals surface area (Å²) in [6.45, 7) is 0. The lowest BCUT2D eigenvalue weighted by atomic mass is 10.2. The molecule has 1 aromatic rings. The van der Waals surface area contributed by atoms with Gasteiger partial charge in [-0.3, -0.25) is 4.79 Å². The number of rotatable bonds is 2. The average molecular weight is 224 g/mol. The minimum absolute atomic E-state index is 0.105. The Kier molecular flexibility index (Phi) is 3.32. The summed E-state index contributed by atoms with van der Waals surface area (Å²) in [6, 6.07) is 4.07. The molecular weight excluding hydrogens is 218 g/mol. The van der Waals surface area contributed by atoms with Crippen LogP contribution in [0.3, 0.4) is 0 Å². The second kappa shape index (κ2) is 4.49. The van der Waals surface area contributed by atoms with Gasteiger partial charge in [0.05, 0.1) is 11.3 Å². The predicted octanol–water partition coefficient (Wildman–Crippen LogP) is 1.61. The highest BCUT2D eigenvalue weighted by atomic mass is 35.5. The van der Waals surface area contributed by atoms with E-state index in [4.69, 9.17) is 23.1 Å². The van der Waals surface area contributed by atoms with Gasteiger partial charge in [0, 0.05) is 5.02 Å². The summed E-state index contributed by atoms with van der Waals surface area (Å²) >= 11 is 5.61. The van der Waals surface area contributed by atoms with Crippen molar-refractivity contribution in [3.63, 3.8) is 0 Å². The fourth-order valence-corrected chi connectivity index (χ4v) is 1.13. The van der Waals surface area contributed by atoms with Gasteiger partial charge in [-0.15, -0.1) is 6.42 Å². The van der Waals surface area contributed by atoms with Gasteiger partial charge in [-0.1, -0.05) is 11.6 Å². The summed E-state index contributed by atoms with van der Waals surface area (Å²) in [6.07, 6.45) is 4.84. The Morgan fingerprint density at radius 2 is 2.13 bits per heavy atom. The maximum Gasteiger partial charge on any atom is 0.337 e. The van der Waals surface area contributed by atoms with Crippen molar-refractivity contribution in [3.8, 4) is 12.3 Å². The van der Waals surface area contributed by atoms with Crippen LogP contribution in [-0.4, -0.2) is 17.0 Å². The Labute approximate surface area is 90.9 Å². The third-order valence-corrected chi connectivity index (χ3v) is 1.83. The van der Waals surface area contributed by atoms with E-state index in [0.29, 0.717) is 0 Å². The lowest BCUT2D eigenvalue weighted by Gasteiger charge is -2.05. The third-order valence-electron chi connectivity index (χ3n) is 1.59. The van der Waals surface area contributed by atoms with E-state index in [1.165, 1.54) is 18.2 Å². The average Bonchev–Trinajstić information content (AvgIpc) is 2.20. The Bertz CT molecular complexity index is 462. The molecule has 0 bridgehead atoms. The highest BCUT2D eigenvalue weighted by molar-refractivity contribution is 6.31. The van der Waals surface area contributed by atoms with Gasteiger partial charge in [0.2, 0.25) is 0 Å². The number of halogens is 1. The lowest BCUT2D eigenvalue weighted by molar-refractivity contribution is -0.111. The van der Waals surface area contributed by atoms with Gasteiger partial charge in [-0.25, -0.2) is 4.79 Å². The van der Waals surface area contributed by atoms with E-state index in [1.54, 1.807) is 0 Å². The summed E-state index contributed by atoms with van der Waals surface area (Å²) in [4.78, 5) is 21.7. The van der Waals surface area contributed by atoms with Crippen LogP contribution in [-0.2, 0) is 4.79 Å². The van der Waals surface area contributed by atoms with Crippen LogP contribution in [0.1, 0.15) is 10.4 Å². The van der Waals surface area contributed by atoms with E-state index in [1.807, 2.05) is 5.92 Å². The molecule has 0 spiro atoms. The minimum atomic E-state index is -1.19. The number of carbonyl (C=O) groups excluding carboxylic acids is 1. The number of benzene rings is 1. The van der Waals surface area contributed by atoms with Crippen LogP contribution in [0.5, 0.6) is 0 Å². The lowest BCUT2D eigenvalue weighted by Crippen LogP contribution is -2.12. The van der Waals surface area contributed by atoms with Crippen LogP contribution in [0.25, 0.3) is 0 Å². The first-order valence-corrected chi connectivity index (χ1v) is 4.23. The van der Waals surface area contributed by atoms with Crippen molar-refractivity contribution in [1.82, 2.24) is 0 Å². The third kappa shape index (κ3) is 2.73. The molecule has 0 saturated carbocycles. The second-order valence-electron chi connectivity index (χ2n) is 2.59. The number of anilines is 1. The second-order valence-corrected chi connectivity index (χ2v) is 3.03. The zero-order valence-corrected chi connectivity index (χ0v) is 8.21. The molecule has 1 amide bonds. The fraction of sp³-hybridized carbons (Fsp3) is 0. The van der Waals surface area contributed by atoms with Crippen molar-refractivity contribution in [3.05, 3.63) is 28.8 Å². The first-order valence-electron chi connectivity index (χ1n) is 3.85. The quantitative estimate of drug-likeness (QED) is 0.749. The van der Waals surface area contributed by atoms with Crippen LogP contribution in [0.2, 0.25) is 5.02 Å². The summed E-state index contributed by atoms with van der Waals surface area (Å²) in [5.74, 6) is -0.0802. The number of amides is 1. The Hall–Kier alpha value is -1.99. The van der Waals surface area contributed by atoms with Gasteiger partial charge >= 0.3 is 5.97 Å². The number of carboxylic acids is 1. The molecule has 1 rings (SSSR count). The Balaban J connectivity index is 3.13. The number of carbonyl (C=O) groups is 2. The smallest absolute Gasteiger partial charge is 0.337 e. The van der Waals surface area contributed by atoms with E-state index in [-0.39, 0.29) is 16.3 Å². The first kappa shape index (κ1) is 11.1. The van der Waals surface area contributed by atoms with E-state index < -0.39 is 11.9 Å². The molecule has 0 radical (unpaired) electrons. The monoisotopic (exact) mass is 223 g/mol. The van der Waals surface area contributed by atoms with Gasteiger partial charge in [0.25, 0.3) is 5.91 Å². The maximum atomic E-state index is 10.9. The molecule has 0 atom stereocenters. The number of hydrogen-bond acceptors (Lipinski definition) is 2. The molecule has 15 heavy (non-hydrogen) atoms. The highest BCUT2D eigenvalue weighted by Crippen LogP contribution is 2.20. The molecule has 4 nitrogen and oxygen atoms in total. The summed E-state index contributed by atoms with van der Waals surface area (Å²) in [5.41, 5.74) is 0.0148. The largest absolute Gasteiger partial charge is 0.478 e. The normalized spacial score (nSPS) is 9.07. The molecule has 0 heterocycles. The Morgan fingerprint density at radius 1 is 1.47 bits per heavy atom. The van der Waals surface area contributed by atoms with E-state index in [2.05, 4.69) is 5.32 Å². The van der Waals surface area contributed by atoms with Crippen molar-refractivity contribution in [2.45, 2.75) is 0 Å². The molecule has 0 unspecified atom stereocenters. The van der Waals surface area contributed by atoms with Gasteiger partial charge in [-0.2, -0.15) is 0 Å². The van der Waals surface area contributed by atoms with E-state index >= 15 is 0 Å². The van der Waals surface area contributed by atoms with Crippen molar-refractivity contribution < 1.29 is 14.7 Å². The fourth-order valence-electron chi connectivity index (χ4n) is 0.961. The molecule has 2 N–H and O–H groups in total. The van der Waals surface area contributed by atoms with Crippen LogP contribution in [0.4, 0.5) is 5.69 Å². The standard InChI is InChI=1S/C10H6ClNO3/c1-2-9(13)12-8-4-3-6(11)5-7(8)10(14)15/h1,3-5H,(H,12,13)(H,14,15). The predicted molar refractivity (Wildman–Crippen MR) is 55.9 cm³/mol. The number of terminal acetylenes is 1. The van der Waals surface area contributed by atoms with Gasteiger partial charge in [0.1, 0.15) is 0 Å². The molecule has 0 aliphatic rings. The molecule has 0 aliphatic carbocycles. The molecule has 0 aromatic heterocycles. The zero-order valence-electron chi connectivity index (χ0n) is 7.45. The van der Waals surface area contributed by atoms with Crippen LogP contribution in [0, 0.1) is 12.3 Å². The minimum Gasteiger partial charge on any atom is -0.478 e. The number of carboxylic acid groups (broad SMARTS) is 1. The highest BCUT2D eigenvalue weighted by Gasteiger charge is 2.11. The number of aromatic carboxylic acids is 1. The molecule has 0 aliphatic heterocycles. The summed E-state index contributed by atoms with van der Waals surface area (Å²) in [7, 11) is 0. The van der Waals surface area contributed by atoms with Crippen LogP contribution >= 0.6 is 11.6 Å². The van der Waals surface area contributed by atoms with E-state index in [0.717, 1.165) is 0 Å². The first-order chi connectivity index (χ1) is 7.04. The van der Waals surface area contributed by atoms with Crippen molar-refractivity contribution in [2.75, 3.05) is 5.32 Å². The topological polar surface area (TPSA) is 66.4 Å². The SMILES string of the molecule is C#CC(=O)Nc1ccc(Cl)cc1C(=O)O. The molecule has 0 saturated heterocycles. The van der Waals surface area contributed by atoms with Crippen LogP contribution in [0.15, 0.2) is 18.2 Å². The van der Waals surface area contributed by atoms with Crippen LogP contribution < -0.4 is 5.32 Å². The Morgan fingerprint density at radius 3 is 2.67 bits per heavy atom. The summed E-state index contributed by atoms with van der Waals surface area (Å²) < 4.78 is 0.